The van der Waals surface area contributed by atoms with Crippen LogP contribution in [0.15, 0.2) is 12.1 Å². The van der Waals surface area contributed by atoms with Crippen molar-refractivity contribution >= 4 is 0 Å². The van der Waals surface area contributed by atoms with Crippen LogP contribution in [-0.4, -0.2) is 12.2 Å². The van der Waals surface area contributed by atoms with Gasteiger partial charge >= 0.3 is 0 Å². The summed E-state index contributed by atoms with van der Waals surface area (Å²) in [5.74, 6) is 0.788. The zero-order chi connectivity index (χ0) is 13.2. The highest BCUT2D eigenvalue weighted by Gasteiger charge is 2.30. The van der Waals surface area contributed by atoms with Crippen molar-refractivity contribution in [3.8, 4) is 5.75 Å². The Kier molecular flexibility index (Phi) is 4.21. The average molecular weight is 236 g/mol. The van der Waals surface area contributed by atoms with Crippen LogP contribution in [0.5, 0.6) is 5.75 Å². The fraction of sp³-hybridized carbons (Fsp3) is 0.600. The average Bonchev–Trinajstić information content (AvgIpc) is 2.27. The summed E-state index contributed by atoms with van der Waals surface area (Å²) < 4.78 is 5.41. The molecule has 0 saturated heterocycles. The number of aliphatic hydroxyl groups excluding tert-OH is 1. The largest absolute Gasteiger partial charge is 0.496 e. The van der Waals surface area contributed by atoms with Crippen LogP contribution in [0.4, 0.5) is 0 Å². The maximum absolute atomic E-state index is 10.6. The minimum atomic E-state index is -0.497. The topological polar surface area (TPSA) is 29.5 Å². The molecule has 1 atom stereocenters. The summed E-state index contributed by atoms with van der Waals surface area (Å²) in [6.45, 7) is 10.3. The number of aryl methyl sites for hydroxylation is 2. The van der Waals surface area contributed by atoms with Crippen LogP contribution in [0.3, 0.4) is 0 Å². The normalized spacial score (nSPS) is 13.6. The number of rotatable bonds is 4. The van der Waals surface area contributed by atoms with Gasteiger partial charge in [-0.05, 0) is 42.9 Å². The highest BCUT2D eigenvalue weighted by molar-refractivity contribution is 5.45. The molecule has 1 N–H and O–H groups in total. The lowest BCUT2D eigenvalue weighted by atomic mass is 9.78. The second kappa shape index (κ2) is 5.09. The van der Waals surface area contributed by atoms with Crippen LogP contribution in [-0.2, 0) is 0 Å². The van der Waals surface area contributed by atoms with Crippen LogP contribution < -0.4 is 4.74 Å². The second-order valence-corrected chi connectivity index (χ2v) is 5.44. The minimum absolute atomic E-state index is 0.146. The summed E-state index contributed by atoms with van der Waals surface area (Å²) >= 11 is 0. The van der Waals surface area contributed by atoms with E-state index in [4.69, 9.17) is 4.74 Å². The lowest BCUT2D eigenvalue weighted by molar-refractivity contribution is 0.0440. The van der Waals surface area contributed by atoms with Gasteiger partial charge < -0.3 is 9.84 Å². The molecule has 1 aromatic rings. The van der Waals surface area contributed by atoms with Gasteiger partial charge in [0.15, 0.2) is 0 Å². The zero-order valence-corrected chi connectivity index (χ0v) is 11.8. The molecule has 2 heteroatoms. The first-order chi connectivity index (χ1) is 7.83. The number of hydrogen-bond acceptors (Lipinski definition) is 2. The first-order valence-electron chi connectivity index (χ1n) is 6.16. The lowest BCUT2D eigenvalue weighted by Crippen LogP contribution is -2.22. The highest BCUT2D eigenvalue weighted by atomic mass is 16.5. The smallest absolute Gasteiger partial charge is 0.125 e. The van der Waals surface area contributed by atoms with Crippen LogP contribution in [0.25, 0.3) is 0 Å². The Morgan fingerprint density at radius 2 is 1.88 bits per heavy atom. The third kappa shape index (κ3) is 2.81. The van der Waals surface area contributed by atoms with E-state index < -0.39 is 6.10 Å². The molecule has 2 nitrogen and oxygen atoms in total. The van der Waals surface area contributed by atoms with Crippen LogP contribution in [0.1, 0.15) is 50.0 Å². The standard InChI is InChI=1S/C15H24O2/c1-7-15(4,5)14(16)13-11(3)8-10(2)9-12(13)17-6/h8-9,14,16H,7H2,1-6H3. The predicted molar refractivity (Wildman–Crippen MR) is 71.5 cm³/mol. The Morgan fingerprint density at radius 3 is 2.35 bits per heavy atom. The quantitative estimate of drug-likeness (QED) is 0.862. The monoisotopic (exact) mass is 236 g/mol. The van der Waals surface area contributed by atoms with E-state index in [1.54, 1.807) is 7.11 Å². The summed E-state index contributed by atoms with van der Waals surface area (Å²) in [6, 6.07) is 4.07. The maximum Gasteiger partial charge on any atom is 0.125 e. The fourth-order valence-electron chi connectivity index (χ4n) is 2.04. The van der Waals surface area contributed by atoms with E-state index in [2.05, 4.69) is 26.8 Å². The molecule has 0 radical (unpaired) electrons. The summed E-state index contributed by atoms with van der Waals surface area (Å²) in [5, 5.41) is 10.6. The van der Waals surface area contributed by atoms with Gasteiger partial charge in [0.1, 0.15) is 5.75 Å². The van der Waals surface area contributed by atoms with Crippen LogP contribution in [0.2, 0.25) is 0 Å². The minimum Gasteiger partial charge on any atom is -0.496 e. The van der Waals surface area contributed by atoms with E-state index in [0.29, 0.717) is 0 Å². The molecule has 17 heavy (non-hydrogen) atoms. The molecule has 0 aliphatic heterocycles. The molecule has 0 aliphatic carbocycles. The first kappa shape index (κ1) is 14.0. The molecule has 0 bridgehead atoms. The molecular weight excluding hydrogens is 212 g/mol. The SMILES string of the molecule is CCC(C)(C)C(O)c1c(C)cc(C)cc1OC. The van der Waals surface area contributed by atoms with Crippen LogP contribution in [0, 0.1) is 19.3 Å². The van der Waals surface area contributed by atoms with E-state index in [1.165, 1.54) is 0 Å². The summed E-state index contributed by atoms with van der Waals surface area (Å²) in [7, 11) is 1.66. The van der Waals surface area contributed by atoms with Gasteiger partial charge in [-0.2, -0.15) is 0 Å². The molecular formula is C15H24O2. The van der Waals surface area contributed by atoms with Gasteiger partial charge in [-0.25, -0.2) is 0 Å². The highest BCUT2D eigenvalue weighted by Crippen LogP contribution is 2.41. The Balaban J connectivity index is 3.30. The van der Waals surface area contributed by atoms with E-state index in [9.17, 15) is 5.11 Å². The Hall–Kier alpha value is -1.02. The molecule has 0 saturated carbocycles. The molecule has 96 valence electrons. The van der Waals surface area contributed by atoms with Crippen molar-refractivity contribution in [3.63, 3.8) is 0 Å². The summed E-state index contributed by atoms with van der Waals surface area (Å²) in [4.78, 5) is 0. The Morgan fingerprint density at radius 1 is 1.29 bits per heavy atom. The van der Waals surface area contributed by atoms with Crippen molar-refractivity contribution in [3.05, 3.63) is 28.8 Å². The molecule has 1 unspecified atom stereocenters. The number of ether oxygens (including phenoxy) is 1. The summed E-state index contributed by atoms with van der Waals surface area (Å²) in [5.41, 5.74) is 3.03. The first-order valence-corrected chi connectivity index (χ1v) is 6.16. The maximum atomic E-state index is 10.6. The number of methoxy groups -OCH3 is 1. The Bertz CT molecular complexity index is 394. The number of aliphatic hydroxyl groups is 1. The van der Waals surface area contributed by atoms with Gasteiger partial charge in [-0.1, -0.05) is 26.8 Å². The lowest BCUT2D eigenvalue weighted by Gasteiger charge is -2.31. The molecule has 1 aromatic carbocycles. The summed E-state index contributed by atoms with van der Waals surface area (Å²) in [6.07, 6.45) is 0.424. The molecule has 0 amide bonds. The van der Waals surface area contributed by atoms with Crippen molar-refractivity contribution in [2.24, 2.45) is 5.41 Å². The van der Waals surface area contributed by atoms with Crippen LogP contribution >= 0.6 is 0 Å². The Labute approximate surface area is 105 Å². The van der Waals surface area contributed by atoms with Crippen molar-refractivity contribution < 1.29 is 9.84 Å². The third-order valence-corrected chi connectivity index (χ3v) is 3.64. The van der Waals surface area contributed by atoms with Gasteiger partial charge in [0, 0.05) is 5.56 Å². The van der Waals surface area contributed by atoms with E-state index >= 15 is 0 Å². The van der Waals surface area contributed by atoms with Gasteiger partial charge in [-0.3, -0.25) is 0 Å². The van der Waals surface area contributed by atoms with E-state index in [0.717, 1.165) is 28.9 Å². The van der Waals surface area contributed by atoms with Crippen molar-refractivity contribution in [1.29, 1.82) is 0 Å². The zero-order valence-electron chi connectivity index (χ0n) is 11.8. The fourth-order valence-corrected chi connectivity index (χ4v) is 2.04. The molecule has 1 rings (SSSR count). The molecule has 0 fully saturated rings. The molecule has 0 aliphatic rings. The van der Waals surface area contributed by atoms with Crippen molar-refractivity contribution in [1.82, 2.24) is 0 Å². The van der Waals surface area contributed by atoms with Crippen molar-refractivity contribution in [2.45, 2.75) is 47.1 Å². The van der Waals surface area contributed by atoms with E-state index in [-0.39, 0.29) is 5.41 Å². The third-order valence-electron chi connectivity index (χ3n) is 3.64. The molecule has 0 spiro atoms. The molecule has 0 aromatic heterocycles. The number of benzene rings is 1. The second-order valence-electron chi connectivity index (χ2n) is 5.44. The van der Waals surface area contributed by atoms with Crippen molar-refractivity contribution in [2.75, 3.05) is 7.11 Å². The van der Waals surface area contributed by atoms with Gasteiger partial charge in [-0.15, -0.1) is 0 Å². The van der Waals surface area contributed by atoms with Gasteiger partial charge in [0.25, 0.3) is 0 Å². The van der Waals surface area contributed by atoms with E-state index in [1.807, 2.05) is 19.9 Å². The predicted octanol–water partition coefficient (Wildman–Crippen LogP) is 3.78. The number of hydrogen-bond donors (Lipinski definition) is 1. The van der Waals surface area contributed by atoms with Gasteiger partial charge in [0.05, 0.1) is 13.2 Å². The molecule has 0 heterocycles. The van der Waals surface area contributed by atoms with Gasteiger partial charge in [0.2, 0.25) is 0 Å².